The molecule has 0 aliphatic carbocycles. The molecule has 0 bridgehead atoms. The number of guanidine groups is 2. The third-order valence-electron chi connectivity index (χ3n) is 8.29. The quantitative estimate of drug-likeness (QED) is 0.0151. The molecule has 0 aromatic heterocycles. The van der Waals surface area contributed by atoms with E-state index in [-0.39, 0.29) is 96.0 Å². The lowest BCUT2D eigenvalue weighted by Gasteiger charge is -2.36. The van der Waals surface area contributed by atoms with Crippen molar-refractivity contribution in [2.45, 2.75) is 82.7 Å². The molecule has 8 amide bonds. The second-order valence-corrected chi connectivity index (χ2v) is 13.9. The highest BCUT2D eigenvalue weighted by atomic mass is 31.1. The van der Waals surface area contributed by atoms with Gasteiger partial charge in [-0.2, -0.15) is 0 Å². The molecule has 0 aromatic carbocycles. The number of carbonyl (C=O) groups is 8. The summed E-state index contributed by atoms with van der Waals surface area (Å²) in [5.74, 6) is -5.69. The van der Waals surface area contributed by atoms with Crippen molar-refractivity contribution < 1.29 is 52.2 Å². The lowest BCUT2D eigenvalue weighted by Crippen LogP contribution is -2.55. The van der Waals surface area contributed by atoms with Crippen LogP contribution < -0.4 is 65.9 Å². The van der Waals surface area contributed by atoms with Gasteiger partial charge in [0.1, 0.15) is 18.1 Å². The molecular weight excluding hydrogens is 813 g/mol. The molecule has 1 aliphatic heterocycles. The lowest BCUT2D eigenvalue weighted by atomic mass is 10.1. The predicted molar refractivity (Wildman–Crippen MR) is 216 cm³/mol. The van der Waals surface area contributed by atoms with Crippen LogP contribution in [0.4, 0.5) is 0 Å². The Hall–Kier alpha value is -5.72. The summed E-state index contributed by atoms with van der Waals surface area (Å²) < 4.78 is 21.2. The highest BCUT2D eigenvalue weighted by molar-refractivity contribution is 7.17. The fourth-order valence-corrected chi connectivity index (χ4v) is 5.74. The Labute approximate surface area is 348 Å². The van der Waals surface area contributed by atoms with Crippen molar-refractivity contribution >= 4 is 67.9 Å². The number of morpholine rings is 1. The van der Waals surface area contributed by atoms with Crippen molar-refractivity contribution in [3.8, 4) is 0 Å². The molecule has 1 saturated heterocycles. The van der Waals surface area contributed by atoms with Crippen molar-refractivity contribution in [3.05, 3.63) is 0 Å². The summed E-state index contributed by atoms with van der Waals surface area (Å²) in [5.41, 5.74) is 27.0. The van der Waals surface area contributed by atoms with Crippen LogP contribution >= 0.6 is 8.69 Å². The molecule has 0 radical (unpaired) electrons. The van der Waals surface area contributed by atoms with E-state index in [0.717, 1.165) is 0 Å². The van der Waals surface area contributed by atoms with Crippen molar-refractivity contribution in [1.29, 1.82) is 0 Å². The first-order chi connectivity index (χ1) is 28.4. The van der Waals surface area contributed by atoms with Crippen molar-refractivity contribution in [2.75, 3.05) is 65.5 Å². The SMILES string of the molecule is CC(=O)NCC(=O)N[C@@H](CCCN=C(N)N)C(=O)NCC(=O)N[C@@H](CCCN=C(N)N)C(=O)NCC(=O)N[C@@H](CCCN)C(=O)NCC(=O)N1C[C@@H](COP=O)O[C@@H](C)C1. The van der Waals surface area contributed by atoms with Gasteiger partial charge in [0, 0.05) is 33.1 Å². The molecule has 338 valence electrons. The number of nitrogens with zero attached hydrogens (tertiary/aromatic N) is 3. The van der Waals surface area contributed by atoms with Gasteiger partial charge in [-0.05, 0) is 52.0 Å². The first kappa shape index (κ1) is 52.3. The summed E-state index contributed by atoms with van der Waals surface area (Å²) in [6.07, 6.45) is 0.141. The molecular formula is C33H60N15O11P. The minimum absolute atomic E-state index is 0.0000889. The fourth-order valence-electron chi connectivity index (χ4n) is 5.51. The molecule has 26 nitrogen and oxygen atoms in total. The van der Waals surface area contributed by atoms with E-state index in [1.165, 1.54) is 11.8 Å². The van der Waals surface area contributed by atoms with Crippen LogP contribution in [0.25, 0.3) is 0 Å². The zero-order chi connectivity index (χ0) is 45.0. The minimum atomic E-state index is -1.24. The number of rotatable bonds is 28. The molecule has 0 saturated carbocycles. The van der Waals surface area contributed by atoms with Gasteiger partial charge in [0.15, 0.2) is 11.9 Å². The van der Waals surface area contributed by atoms with Crippen LogP contribution in [0.5, 0.6) is 0 Å². The van der Waals surface area contributed by atoms with Crippen molar-refractivity contribution in [1.82, 2.24) is 42.1 Å². The summed E-state index contributed by atoms with van der Waals surface area (Å²) >= 11 is 0. The number of amides is 8. The smallest absolute Gasteiger partial charge is 0.327 e. The molecule has 1 rings (SSSR count). The maximum atomic E-state index is 13.3. The number of hydrogen-bond donors (Lipinski definition) is 12. The summed E-state index contributed by atoms with van der Waals surface area (Å²) in [6.45, 7) is 1.78. The van der Waals surface area contributed by atoms with E-state index in [2.05, 4.69) is 47.2 Å². The minimum Gasteiger partial charge on any atom is -0.370 e. The van der Waals surface area contributed by atoms with E-state index in [1.807, 2.05) is 0 Å². The molecule has 1 aliphatic rings. The van der Waals surface area contributed by atoms with Crippen LogP contribution in [0.15, 0.2) is 9.98 Å². The Balaban J connectivity index is 2.88. The molecule has 1 fully saturated rings. The van der Waals surface area contributed by atoms with Crippen LogP contribution in [0.2, 0.25) is 0 Å². The van der Waals surface area contributed by atoms with E-state index < -0.39 is 99.8 Å². The van der Waals surface area contributed by atoms with Gasteiger partial charge < -0.3 is 75.5 Å². The zero-order valence-electron chi connectivity index (χ0n) is 33.9. The van der Waals surface area contributed by atoms with Gasteiger partial charge in [0.25, 0.3) is 0 Å². The second kappa shape index (κ2) is 29.5. The maximum absolute atomic E-state index is 13.3. The van der Waals surface area contributed by atoms with E-state index in [1.54, 1.807) is 6.92 Å². The molecule has 5 atom stereocenters. The number of nitrogens with two attached hydrogens (primary N) is 5. The van der Waals surface area contributed by atoms with Crippen molar-refractivity contribution in [2.24, 2.45) is 38.7 Å². The number of hydrogen-bond acceptors (Lipinski definition) is 14. The number of ether oxygens (including phenoxy) is 1. The number of carbonyl (C=O) groups excluding carboxylic acids is 8. The number of aliphatic imine (C=N–C) groups is 2. The normalized spacial score (nSPS) is 16.1. The monoisotopic (exact) mass is 873 g/mol. The van der Waals surface area contributed by atoms with Gasteiger partial charge in [0.2, 0.25) is 47.3 Å². The second-order valence-electron chi connectivity index (χ2n) is 13.5. The third kappa shape index (κ3) is 23.6. The maximum Gasteiger partial charge on any atom is 0.327 e. The Morgan fingerprint density at radius 3 is 1.55 bits per heavy atom. The predicted octanol–water partition coefficient (Wildman–Crippen LogP) is -6.39. The number of nitrogens with one attached hydrogen (secondary N) is 7. The zero-order valence-corrected chi connectivity index (χ0v) is 34.8. The Morgan fingerprint density at radius 2 is 1.13 bits per heavy atom. The molecule has 17 N–H and O–H groups in total. The summed E-state index contributed by atoms with van der Waals surface area (Å²) in [7, 11) is -0.524. The van der Waals surface area contributed by atoms with Crippen LogP contribution in [-0.2, 0) is 52.2 Å². The fraction of sp³-hybridized carbons (Fsp3) is 0.697. The van der Waals surface area contributed by atoms with Crippen LogP contribution in [0.1, 0.15) is 52.4 Å². The van der Waals surface area contributed by atoms with Gasteiger partial charge in [0.05, 0.1) is 45.0 Å². The highest BCUT2D eigenvalue weighted by Gasteiger charge is 2.30. The Kier molecular flexibility index (Phi) is 25.7. The third-order valence-corrected chi connectivity index (χ3v) is 8.55. The van der Waals surface area contributed by atoms with Crippen LogP contribution in [0, 0.1) is 0 Å². The largest absolute Gasteiger partial charge is 0.370 e. The Morgan fingerprint density at radius 1 is 0.700 bits per heavy atom. The van der Waals surface area contributed by atoms with Crippen LogP contribution in [-0.4, -0.2) is 160 Å². The van der Waals surface area contributed by atoms with E-state index in [4.69, 9.17) is 37.9 Å². The highest BCUT2D eigenvalue weighted by Crippen LogP contribution is 2.13. The first-order valence-electron chi connectivity index (χ1n) is 19.1. The molecule has 0 aromatic rings. The topological polar surface area (TPSA) is 414 Å². The van der Waals surface area contributed by atoms with Gasteiger partial charge in [-0.25, -0.2) is 4.57 Å². The van der Waals surface area contributed by atoms with Gasteiger partial charge in [-0.1, -0.05) is 0 Å². The average molecular weight is 874 g/mol. The average Bonchev–Trinajstić information content (AvgIpc) is 3.19. The Bertz CT molecular complexity index is 1530. The van der Waals surface area contributed by atoms with Crippen LogP contribution in [0.3, 0.4) is 0 Å². The summed E-state index contributed by atoms with van der Waals surface area (Å²) in [6, 6.07) is -3.49. The standard InChI is InChI=1S/C33H60N15O11P/c1-19-16-48(17-21(59-19)18-58-60-57)28(53)15-44-31(56)22(6-3-9-34)45-26(51)13-42-30(55)24(8-5-11-40-33(37)38)47-27(52)14-43-29(54)23(7-4-10-39-32(35)36)46-25(50)12-41-20(2)49/h19,21-24H,3-18,34H2,1-2H3,(H,41,49)(H,42,55)(H,43,54)(H,44,56)(H,45,51)(H,46,50)(H,47,52)(H4,35,36,39)(H4,37,38,40)/t19-,21-,22-,23-,24-/m0/s1. The molecule has 27 heteroatoms. The van der Waals surface area contributed by atoms with E-state index in [9.17, 15) is 42.9 Å². The molecule has 0 unspecified atom stereocenters. The molecule has 1 heterocycles. The molecule has 0 spiro atoms. The van der Waals surface area contributed by atoms with Crippen molar-refractivity contribution in [3.63, 3.8) is 0 Å². The van der Waals surface area contributed by atoms with Gasteiger partial charge >= 0.3 is 8.69 Å². The van der Waals surface area contributed by atoms with Gasteiger partial charge in [-0.15, -0.1) is 0 Å². The molecule has 60 heavy (non-hydrogen) atoms. The van der Waals surface area contributed by atoms with E-state index in [0.29, 0.717) is 6.42 Å². The lowest BCUT2D eigenvalue weighted by molar-refractivity contribution is -0.146. The summed E-state index contributed by atoms with van der Waals surface area (Å²) in [4.78, 5) is 111. The van der Waals surface area contributed by atoms with Gasteiger partial charge in [-0.3, -0.25) is 52.9 Å². The first-order valence-corrected chi connectivity index (χ1v) is 19.8. The summed E-state index contributed by atoms with van der Waals surface area (Å²) in [5, 5.41) is 17.1. The van der Waals surface area contributed by atoms with E-state index >= 15 is 0 Å².